The summed E-state index contributed by atoms with van der Waals surface area (Å²) in [6.45, 7) is 2.68. The van der Waals surface area contributed by atoms with Gasteiger partial charge in [-0.25, -0.2) is 9.50 Å². The van der Waals surface area contributed by atoms with E-state index in [9.17, 15) is 0 Å². The van der Waals surface area contributed by atoms with E-state index in [-0.39, 0.29) is 0 Å². The van der Waals surface area contributed by atoms with E-state index in [1.165, 1.54) is 31.5 Å². The van der Waals surface area contributed by atoms with E-state index in [0.29, 0.717) is 12.5 Å². The smallest absolute Gasteiger partial charge is 0.232 e. The molecule has 0 atom stereocenters. The highest BCUT2D eigenvalue weighted by Gasteiger charge is 2.24. The second-order valence-corrected chi connectivity index (χ2v) is 5.29. The van der Waals surface area contributed by atoms with E-state index in [0.717, 1.165) is 23.6 Å². The summed E-state index contributed by atoms with van der Waals surface area (Å²) in [5.41, 5.74) is 7.88. The Kier molecular flexibility index (Phi) is 2.86. The number of imidazole rings is 1. The average Bonchev–Trinajstić information content (AvgIpc) is 3.02. The molecule has 0 bridgehead atoms. The molecule has 0 radical (unpaired) electrons. The Morgan fingerprint density at radius 1 is 1.33 bits per heavy atom. The van der Waals surface area contributed by atoms with E-state index < -0.39 is 0 Å². The van der Waals surface area contributed by atoms with Crippen LogP contribution in [0.1, 0.15) is 48.8 Å². The topological polar surface area (TPSA) is 61.1 Å². The molecule has 5 heteroatoms. The molecule has 0 saturated heterocycles. The van der Waals surface area contributed by atoms with Gasteiger partial charge in [0.25, 0.3) is 0 Å². The zero-order chi connectivity index (χ0) is 12.7. The van der Waals surface area contributed by atoms with Gasteiger partial charge in [0.05, 0.1) is 11.4 Å². The van der Waals surface area contributed by atoms with Crippen molar-refractivity contribution < 1.29 is 0 Å². The molecule has 5 nitrogen and oxygen atoms in total. The fourth-order valence-corrected chi connectivity index (χ4v) is 3.09. The predicted molar refractivity (Wildman–Crippen MR) is 70.7 cm³/mol. The fourth-order valence-electron chi connectivity index (χ4n) is 3.09. The van der Waals surface area contributed by atoms with Gasteiger partial charge in [-0.15, -0.1) is 0 Å². The molecule has 0 unspecified atom stereocenters. The molecule has 0 spiro atoms. The SMILES string of the molecule is Cc1nc2n(C)c(C3CCCC3)nn2c1CCN. The fraction of sp³-hybridized carbons (Fsp3) is 0.692. The van der Waals surface area contributed by atoms with Crippen LogP contribution in [0.5, 0.6) is 0 Å². The van der Waals surface area contributed by atoms with Crippen molar-refractivity contribution in [1.29, 1.82) is 0 Å². The maximum absolute atomic E-state index is 5.67. The standard InChI is InChI=1S/C13H21N5/c1-9-11(7-8-14)18-13(15-9)17(2)12(16-18)10-5-3-4-6-10/h10H,3-8,14H2,1-2H3. The first-order valence-electron chi connectivity index (χ1n) is 6.83. The summed E-state index contributed by atoms with van der Waals surface area (Å²) in [4.78, 5) is 4.63. The number of fused-ring (bicyclic) bond motifs is 1. The maximum atomic E-state index is 5.67. The van der Waals surface area contributed by atoms with Gasteiger partial charge >= 0.3 is 0 Å². The van der Waals surface area contributed by atoms with Gasteiger partial charge in [-0.1, -0.05) is 12.8 Å². The van der Waals surface area contributed by atoms with E-state index in [1.807, 2.05) is 11.4 Å². The molecule has 98 valence electrons. The Morgan fingerprint density at radius 2 is 2.06 bits per heavy atom. The van der Waals surface area contributed by atoms with Crippen molar-refractivity contribution in [2.45, 2.75) is 44.9 Å². The van der Waals surface area contributed by atoms with Gasteiger partial charge in [-0.2, -0.15) is 5.10 Å². The lowest BCUT2D eigenvalue weighted by Crippen LogP contribution is -2.07. The van der Waals surface area contributed by atoms with E-state index in [4.69, 9.17) is 10.8 Å². The second kappa shape index (κ2) is 4.39. The lowest BCUT2D eigenvalue weighted by atomic mass is 10.1. The summed E-state index contributed by atoms with van der Waals surface area (Å²) in [7, 11) is 2.08. The van der Waals surface area contributed by atoms with Gasteiger partial charge < -0.3 is 5.73 Å². The molecule has 2 aromatic heterocycles. The summed E-state index contributed by atoms with van der Waals surface area (Å²) in [6.07, 6.45) is 6.02. The molecule has 0 amide bonds. The second-order valence-electron chi connectivity index (χ2n) is 5.29. The van der Waals surface area contributed by atoms with Crippen molar-refractivity contribution in [3.63, 3.8) is 0 Å². The molecule has 1 saturated carbocycles. The third-order valence-electron chi connectivity index (χ3n) is 4.08. The normalized spacial score (nSPS) is 17.1. The Labute approximate surface area is 107 Å². The van der Waals surface area contributed by atoms with E-state index in [2.05, 4.69) is 16.6 Å². The van der Waals surface area contributed by atoms with Crippen molar-refractivity contribution in [2.75, 3.05) is 6.54 Å². The predicted octanol–water partition coefficient (Wildman–Crippen LogP) is 1.54. The molecule has 18 heavy (non-hydrogen) atoms. The van der Waals surface area contributed by atoms with Crippen LogP contribution >= 0.6 is 0 Å². The van der Waals surface area contributed by atoms with E-state index in [1.54, 1.807) is 0 Å². The number of aromatic nitrogens is 4. The van der Waals surface area contributed by atoms with Crippen molar-refractivity contribution in [3.8, 4) is 0 Å². The van der Waals surface area contributed by atoms with Gasteiger partial charge in [0, 0.05) is 19.4 Å². The van der Waals surface area contributed by atoms with Crippen LogP contribution in [0.25, 0.3) is 5.78 Å². The van der Waals surface area contributed by atoms with Crippen LogP contribution in [0, 0.1) is 6.92 Å². The lowest BCUT2D eigenvalue weighted by Gasteiger charge is -2.07. The Bertz CT molecular complexity index is 559. The average molecular weight is 247 g/mol. The third-order valence-corrected chi connectivity index (χ3v) is 4.08. The first kappa shape index (κ1) is 11.7. The first-order valence-corrected chi connectivity index (χ1v) is 6.83. The van der Waals surface area contributed by atoms with Crippen LogP contribution in [0.15, 0.2) is 0 Å². The zero-order valence-corrected chi connectivity index (χ0v) is 11.2. The number of rotatable bonds is 3. The molecular formula is C13H21N5. The minimum Gasteiger partial charge on any atom is -0.330 e. The summed E-state index contributed by atoms with van der Waals surface area (Å²) >= 11 is 0. The molecule has 1 aliphatic carbocycles. The molecule has 2 heterocycles. The number of aryl methyl sites for hydroxylation is 2. The van der Waals surface area contributed by atoms with Crippen molar-refractivity contribution in [2.24, 2.45) is 12.8 Å². The Morgan fingerprint density at radius 3 is 2.72 bits per heavy atom. The Balaban J connectivity index is 2.10. The molecule has 2 aromatic rings. The Hall–Kier alpha value is -1.36. The van der Waals surface area contributed by atoms with Gasteiger partial charge in [-0.3, -0.25) is 4.57 Å². The van der Waals surface area contributed by atoms with E-state index >= 15 is 0 Å². The zero-order valence-electron chi connectivity index (χ0n) is 11.2. The number of hydrogen-bond donors (Lipinski definition) is 1. The highest BCUT2D eigenvalue weighted by Crippen LogP contribution is 2.33. The van der Waals surface area contributed by atoms with Crippen LogP contribution in [-0.4, -0.2) is 25.7 Å². The summed E-state index contributed by atoms with van der Waals surface area (Å²) in [5.74, 6) is 2.76. The molecule has 0 aliphatic heterocycles. The lowest BCUT2D eigenvalue weighted by molar-refractivity contribution is 0.626. The van der Waals surface area contributed by atoms with Crippen LogP contribution in [0.3, 0.4) is 0 Å². The highest BCUT2D eigenvalue weighted by atomic mass is 15.4. The van der Waals surface area contributed by atoms with Gasteiger partial charge in [0.2, 0.25) is 5.78 Å². The van der Waals surface area contributed by atoms with Gasteiger partial charge in [0.15, 0.2) is 0 Å². The summed E-state index contributed by atoms with van der Waals surface area (Å²) < 4.78 is 4.15. The minimum absolute atomic E-state index is 0.614. The molecule has 2 N–H and O–H groups in total. The largest absolute Gasteiger partial charge is 0.330 e. The molecule has 0 aromatic carbocycles. The van der Waals surface area contributed by atoms with Crippen molar-refractivity contribution in [1.82, 2.24) is 19.2 Å². The van der Waals surface area contributed by atoms with Gasteiger partial charge in [-0.05, 0) is 26.3 Å². The van der Waals surface area contributed by atoms with Gasteiger partial charge in [0.1, 0.15) is 5.82 Å². The van der Waals surface area contributed by atoms with Crippen molar-refractivity contribution >= 4 is 5.78 Å². The van der Waals surface area contributed by atoms with Crippen LogP contribution in [0.2, 0.25) is 0 Å². The highest BCUT2D eigenvalue weighted by molar-refractivity contribution is 5.37. The van der Waals surface area contributed by atoms with Crippen LogP contribution < -0.4 is 5.73 Å². The number of nitrogens with two attached hydrogens (primary N) is 1. The maximum Gasteiger partial charge on any atom is 0.232 e. The number of hydrogen-bond acceptors (Lipinski definition) is 3. The number of nitrogens with zero attached hydrogens (tertiary/aromatic N) is 4. The summed E-state index contributed by atoms with van der Waals surface area (Å²) in [6, 6.07) is 0. The van der Waals surface area contributed by atoms with Crippen LogP contribution in [-0.2, 0) is 13.5 Å². The monoisotopic (exact) mass is 247 g/mol. The molecule has 1 fully saturated rings. The van der Waals surface area contributed by atoms with Crippen LogP contribution in [0.4, 0.5) is 0 Å². The quantitative estimate of drug-likeness (QED) is 0.895. The minimum atomic E-state index is 0.614. The summed E-state index contributed by atoms with van der Waals surface area (Å²) in [5, 5.41) is 4.80. The third kappa shape index (κ3) is 1.65. The van der Waals surface area contributed by atoms with Crippen molar-refractivity contribution in [3.05, 3.63) is 17.2 Å². The molecular weight excluding hydrogens is 226 g/mol. The molecule has 1 aliphatic rings. The molecule has 3 rings (SSSR count). The first-order chi connectivity index (χ1) is 8.72.